The zero-order valence-electron chi connectivity index (χ0n) is 11.0. The van der Waals surface area contributed by atoms with Crippen molar-refractivity contribution in [3.63, 3.8) is 0 Å². The SMILES string of the molecule is CNC(CCOCC(F)F)Cc1ccc(C)cc1. The Morgan fingerprint density at radius 2 is 1.89 bits per heavy atom. The number of alkyl halides is 2. The molecular formula is C14H21F2NO. The zero-order valence-corrected chi connectivity index (χ0v) is 11.0. The van der Waals surface area contributed by atoms with Crippen molar-refractivity contribution in [1.29, 1.82) is 0 Å². The summed E-state index contributed by atoms with van der Waals surface area (Å²) in [7, 11) is 1.88. The van der Waals surface area contributed by atoms with Crippen LogP contribution in [0.15, 0.2) is 24.3 Å². The lowest BCUT2D eigenvalue weighted by Gasteiger charge is -2.16. The van der Waals surface area contributed by atoms with E-state index in [1.54, 1.807) is 0 Å². The third-order valence-electron chi connectivity index (χ3n) is 2.87. The van der Waals surface area contributed by atoms with Crippen LogP contribution in [0.2, 0.25) is 0 Å². The molecule has 0 bridgehead atoms. The van der Waals surface area contributed by atoms with Crippen LogP contribution in [0.1, 0.15) is 17.5 Å². The van der Waals surface area contributed by atoms with E-state index in [9.17, 15) is 8.78 Å². The summed E-state index contributed by atoms with van der Waals surface area (Å²) in [6.07, 6.45) is -0.763. The average molecular weight is 257 g/mol. The van der Waals surface area contributed by atoms with E-state index in [0.29, 0.717) is 6.61 Å². The van der Waals surface area contributed by atoms with Gasteiger partial charge in [-0.1, -0.05) is 29.8 Å². The molecule has 0 aromatic heterocycles. The number of aryl methyl sites for hydroxylation is 1. The van der Waals surface area contributed by atoms with Crippen LogP contribution in [0.3, 0.4) is 0 Å². The van der Waals surface area contributed by atoms with Gasteiger partial charge in [0.25, 0.3) is 6.43 Å². The molecule has 0 saturated carbocycles. The third-order valence-corrected chi connectivity index (χ3v) is 2.87. The number of hydrogen-bond donors (Lipinski definition) is 1. The second kappa shape index (κ2) is 8.16. The largest absolute Gasteiger partial charge is 0.375 e. The van der Waals surface area contributed by atoms with Crippen LogP contribution in [-0.4, -0.2) is 32.7 Å². The molecule has 1 aromatic rings. The molecule has 1 atom stereocenters. The van der Waals surface area contributed by atoms with Crippen molar-refractivity contribution in [2.75, 3.05) is 20.3 Å². The summed E-state index contributed by atoms with van der Waals surface area (Å²) >= 11 is 0. The second-order valence-corrected chi connectivity index (χ2v) is 4.43. The molecule has 0 aliphatic carbocycles. The summed E-state index contributed by atoms with van der Waals surface area (Å²) in [5.41, 5.74) is 2.48. The zero-order chi connectivity index (χ0) is 13.4. The molecule has 1 aromatic carbocycles. The topological polar surface area (TPSA) is 21.3 Å². The van der Waals surface area contributed by atoms with Gasteiger partial charge in [-0.05, 0) is 32.4 Å². The maximum absolute atomic E-state index is 11.9. The van der Waals surface area contributed by atoms with Gasteiger partial charge in [0.15, 0.2) is 0 Å². The highest BCUT2D eigenvalue weighted by Gasteiger charge is 2.08. The molecule has 0 fully saturated rings. The smallest absolute Gasteiger partial charge is 0.261 e. The van der Waals surface area contributed by atoms with Crippen molar-refractivity contribution in [3.8, 4) is 0 Å². The average Bonchev–Trinajstić information content (AvgIpc) is 2.35. The molecule has 102 valence electrons. The van der Waals surface area contributed by atoms with Gasteiger partial charge in [0.05, 0.1) is 0 Å². The van der Waals surface area contributed by atoms with Crippen LogP contribution in [-0.2, 0) is 11.2 Å². The van der Waals surface area contributed by atoms with Crippen LogP contribution in [0.5, 0.6) is 0 Å². The fraction of sp³-hybridized carbons (Fsp3) is 0.571. The molecule has 0 heterocycles. The number of hydrogen-bond acceptors (Lipinski definition) is 2. The van der Waals surface area contributed by atoms with E-state index < -0.39 is 13.0 Å². The standard InChI is InChI=1S/C14H21F2NO/c1-11-3-5-12(6-4-11)9-13(17-2)7-8-18-10-14(15)16/h3-6,13-14,17H,7-10H2,1-2H3. The number of nitrogens with one attached hydrogen (secondary N) is 1. The van der Waals surface area contributed by atoms with E-state index in [-0.39, 0.29) is 6.04 Å². The highest BCUT2D eigenvalue weighted by molar-refractivity contribution is 5.22. The van der Waals surface area contributed by atoms with Crippen molar-refractivity contribution >= 4 is 0 Å². The van der Waals surface area contributed by atoms with Gasteiger partial charge >= 0.3 is 0 Å². The predicted molar refractivity (Wildman–Crippen MR) is 69.2 cm³/mol. The van der Waals surface area contributed by atoms with Crippen LogP contribution in [0.4, 0.5) is 8.78 Å². The second-order valence-electron chi connectivity index (χ2n) is 4.43. The third kappa shape index (κ3) is 6.07. The van der Waals surface area contributed by atoms with E-state index in [1.165, 1.54) is 11.1 Å². The monoisotopic (exact) mass is 257 g/mol. The molecule has 2 nitrogen and oxygen atoms in total. The van der Waals surface area contributed by atoms with E-state index in [4.69, 9.17) is 4.74 Å². The Morgan fingerprint density at radius 3 is 2.44 bits per heavy atom. The molecule has 1 rings (SSSR count). The van der Waals surface area contributed by atoms with Gasteiger partial charge in [-0.3, -0.25) is 0 Å². The number of halogens is 2. The van der Waals surface area contributed by atoms with Crippen LogP contribution >= 0.6 is 0 Å². The molecule has 1 N–H and O–H groups in total. The minimum Gasteiger partial charge on any atom is -0.375 e. The number of rotatable bonds is 8. The molecule has 0 aliphatic rings. The summed E-state index contributed by atoms with van der Waals surface area (Å²) in [5, 5.41) is 3.19. The molecule has 4 heteroatoms. The van der Waals surface area contributed by atoms with E-state index in [2.05, 4.69) is 36.5 Å². The summed E-state index contributed by atoms with van der Waals surface area (Å²) < 4.78 is 28.7. The molecule has 1 unspecified atom stereocenters. The fourth-order valence-corrected chi connectivity index (χ4v) is 1.76. The predicted octanol–water partition coefficient (Wildman–Crippen LogP) is 2.80. The summed E-state index contributed by atoms with van der Waals surface area (Å²) in [5.74, 6) is 0. The first-order valence-corrected chi connectivity index (χ1v) is 6.20. The van der Waals surface area contributed by atoms with E-state index in [1.807, 2.05) is 7.05 Å². The molecule has 0 spiro atoms. The lowest BCUT2D eigenvalue weighted by Crippen LogP contribution is -2.29. The van der Waals surface area contributed by atoms with Crippen molar-refractivity contribution in [2.24, 2.45) is 0 Å². The first-order valence-electron chi connectivity index (χ1n) is 6.20. The van der Waals surface area contributed by atoms with Gasteiger partial charge in [-0.2, -0.15) is 0 Å². The first kappa shape index (κ1) is 15.1. The molecular weight excluding hydrogens is 236 g/mol. The Kier molecular flexibility index (Phi) is 6.83. The van der Waals surface area contributed by atoms with Gasteiger partial charge < -0.3 is 10.1 Å². The number of benzene rings is 1. The maximum Gasteiger partial charge on any atom is 0.261 e. The Bertz CT molecular complexity index is 327. The first-order chi connectivity index (χ1) is 8.61. The molecule has 18 heavy (non-hydrogen) atoms. The normalized spacial score (nSPS) is 12.9. The summed E-state index contributed by atoms with van der Waals surface area (Å²) in [6.45, 7) is 1.94. The minimum atomic E-state index is -2.38. The van der Waals surface area contributed by atoms with Gasteiger partial charge in [-0.25, -0.2) is 8.78 Å². The molecule has 0 radical (unpaired) electrons. The van der Waals surface area contributed by atoms with E-state index in [0.717, 1.165) is 12.8 Å². The number of likely N-dealkylation sites (N-methyl/N-ethyl adjacent to an activating group) is 1. The van der Waals surface area contributed by atoms with Crippen molar-refractivity contribution in [1.82, 2.24) is 5.32 Å². The summed E-state index contributed by atoms with van der Waals surface area (Å²) in [4.78, 5) is 0. The van der Waals surface area contributed by atoms with Crippen LogP contribution in [0, 0.1) is 6.92 Å². The quantitative estimate of drug-likeness (QED) is 0.723. The molecule has 0 amide bonds. The highest BCUT2D eigenvalue weighted by Crippen LogP contribution is 2.08. The maximum atomic E-state index is 11.9. The fourth-order valence-electron chi connectivity index (χ4n) is 1.76. The van der Waals surface area contributed by atoms with Crippen molar-refractivity contribution in [2.45, 2.75) is 32.2 Å². The van der Waals surface area contributed by atoms with Crippen molar-refractivity contribution < 1.29 is 13.5 Å². The van der Waals surface area contributed by atoms with E-state index >= 15 is 0 Å². The Morgan fingerprint density at radius 1 is 1.22 bits per heavy atom. The Balaban J connectivity index is 2.30. The van der Waals surface area contributed by atoms with Crippen molar-refractivity contribution in [3.05, 3.63) is 35.4 Å². The summed E-state index contributed by atoms with van der Waals surface area (Å²) in [6, 6.07) is 8.61. The van der Waals surface area contributed by atoms with Gasteiger partial charge in [0, 0.05) is 12.6 Å². The van der Waals surface area contributed by atoms with Crippen LogP contribution in [0.25, 0.3) is 0 Å². The van der Waals surface area contributed by atoms with Crippen LogP contribution < -0.4 is 5.32 Å². The van der Waals surface area contributed by atoms with Gasteiger partial charge in [-0.15, -0.1) is 0 Å². The minimum absolute atomic E-state index is 0.255. The lowest BCUT2D eigenvalue weighted by atomic mass is 10.0. The number of ether oxygens (including phenoxy) is 1. The molecule has 0 aliphatic heterocycles. The lowest BCUT2D eigenvalue weighted by molar-refractivity contribution is 0.0146. The van der Waals surface area contributed by atoms with Gasteiger partial charge in [0.2, 0.25) is 0 Å². The Hall–Kier alpha value is -1.00. The molecule has 0 saturated heterocycles. The Labute approximate surface area is 107 Å². The van der Waals surface area contributed by atoms with Gasteiger partial charge in [0.1, 0.15) is 6.61 Å². The highest BCUT2D eigenvalue weighted by atomic mass is 19.3.